The van der Waals surface area contributed by atoms with Gasteiger partial charge >= 0.3 is 0 Å². The molecule has 1 aliphatic heterocycles. The second-order valence-corrected chi connectivity index (χ2v) is 7.27. The largest absolute Gasteiger partial charge is 0.373 e. The predicted molar refractivity (Wildman–Crippen MR) is 80.5 cm³/mol. The molecule has 1 heterocycles. The first-order valence-corrected chi connectivity index (χ1v) is 7.22. The minimum Gasteiger partial charge on any atom is -0.373 e. The zero-order chi connectivity index (χ0) is 14.1. The van der Waals surface area contributed by atoms with Gasteiger partial charge in [-0.2, -0.15) is 0 Å². The first kappa shape index (κ1) is 14.5. The summed E-state index contributed by atoms with van der Waals surface area (Å²) >= 11 is 0. The monoisotopic (exact) mass is 261 g/mol. The molecule has 2 heteroatoms. The average molecular weight is 261 g/mol. The summed E-state index contributed by atoms with van der Waals surface area (Å²) < 4.78 is 5.76. The van der Waals surface area contributed by atoms with E-state index in [1.807, 2.05) is 0 Å². The summed E-state index contributed by atoms with van der Waals surface area (Å²) in [7, 11) is 0. The third-order valence-corrected chi connectivity index (χ3v) is 3.73. The Morgan fingerprint density at radius 3 is 2.32 bits per heavy atom. The van der Waals surface area contributed by atoms with E-state index in [9.17, 15) is 0 Å². The fourth-order valence-electron chi connectivity index (χ4n) is 2.62. The quantitative estimate of drug-likeness (QED) is 0.806. The molecular weight excluding hydrogens is 234 g/mol. The lowest BCUT2D eigenvalue weighted by Gasteiger charge is -2.38. The minimum atomic E-state index is -0.0103. The summed E-state index contributed by atoms with van der Waals surface area (Å²) in [6.45, 7) is 15.0. The van der Waals surface area contributed by atoms with Gasteiger partial charge in [0.05, 0.1) is 12.2 Å². The van der Waals surface area contributed by atoms with Crippen LogP contribution < -0.4 is 0 Å². The highest BCUT2D eigenvalue weighted by Crippen LogP contribution is 2.23. The SMILES string of the molecule is CC1(C)CN(Cc2ccc(C(C)(C)C)cc2)CCO1. The van der Waals surface area contributed by atoms with Crippen LogP contribution in [-0.4, -0.2) is 30.2 Å². The Labute approximate surface area is 117 Å². The second kappa shape index (κ2) is 5.26. The number of morpholine rings is 1. The lowest BCUT2D eigenvalue weighted by Crippen LogP contribution is -2.47. The van der Waals surface area contributed by atoms with Gasteiger partial charge in [0.25, 0.3) is 0 Å². The summed E-state index contributed by atoms with van der Waals surface area (Å²) in [6.07, 6.45) is 0. The van der Waals surface area contributed by atoms with Crippen molar-refractivity contribution in [2.24, 2.45) is 0 Å². The predicted octanol–water partition coefficient (Wildman–Crippen LogP) is 3.59. The van der Waals surface area contributed by atoms with E-state index in [1.54, 1.807) is 0 Å². The fourth-order valence-corrected chi connectivity index (χ4v) is 2.62. The van der Waals surface area contributed by atoms with Crippen LogP contribution in [0.25, 0.3) is 0 Å². The van der Waals surface area contributed by atoms with Gasteiger partial charge in [-0.3, -0.25) is 4.90 Å². The Morgan fingerprint density at radius 1 is 1.16 bits per heavy atom. The maximum absolute atomic E-state index is 5.76. The van der Waals surface area contributed by atoms with E-state index >= 15 is 0 Å². The molecule has 0 aliphatic carbocycles. The molecule has 2 nitrogen and oxygen atoms in total. The number of benzene rings is 1. The molecule has 1 saturated heterocycles. The van der Waals surface area contributed by atoms with Crippen LogP contribution in [0.3, 0.4) is 0 Å². The van der Waals surface area contributed by atoms with Crippen molar-refractivity contribution in [3.63, 3.8) is 0 Å². The molecule has 1 aromatic carbocycles. The van der Waals surface area contributed by atoms with Gasteiger partial charge in [0, 0.05) is 19.6 Å². The zero-order valence-corrected chi connectivity index (χ0v) is 13.0. The molecule has 0 spiro atoms. The van der Waals surface area contributed by atoms with Crippen LogP contribution >= 0.6 is 0 Å². The van der Waals surface area contributed by atoms with Crippen molar-refractivity contribution in [3.05, 3.63) is 35.4 Å². The molecule has 0 atom stereocenters. The van der Waals surface area contributed by atoms with Gasteiger partial charge in [-0.1, -0.05) is 45.0 Å². The molecule has 0 amide bonds. The fraction of sp³-hybridized carbons (Fsp3) is 0.647. The van der Waals surface area contributed by atoms with E-state index in [0.29, 0.717) is 0 Å². The molecule has 1 aliphatic rings. The van der Waals surface area contributed by atoms with Crippen molar-refractivity contribution >= 4 is 0 Å². The Kier molecular flexibility index (Phi) is 4.03. The third kappa shape index (κ3) is 4.05. The lowest BCUT2D eigenvalue weighted by atomic mass is 9.87. The minimum absolute atomic E-state index is 0.0103. The summed E-state index contributed by atoms with van der Waals surface area (Å²) in [5.74, 6) is 0. The normalized spacial score (nSPS) is 20.5. The highest BCUT2D eigenvalue weighted by molar-refractivity contribution is 5.27. The highest BCUT2D eigenvalue weighted by Gasteiger charge is 2.26. The van der Waals surface area contributed by atoms with Crippen molar-refractivity contribution in [2.75, 3.05) is 19.7 Å². The smallest absolute Gasteiger partial charge is 0.0753 e. The van der Waals surface area contributed by atoms with Crippen molar-refractivity contribution in [2.45, 2.75) is 52.2 Å². The molecule has 0 N–H and O–H groups in total. The molecule has 0 bridgehead atoms. The zero-order valence-electron chi connectivity index (χ0n) is 13.0. The summed E-state index contributed by atoms with van der Waals surface area (Å²) in [5.41, 5.74) is 3.02. The van der Waals surface area contributed by atoms with Crippen LogP contribution in [-0.2, 0) is 16.7 Å². The lowest BCUT2D eigenvalue weighted by molar-refractivity contribution is -0.0882. The molecular formula is C17H27NO. The van der Waals surface area contributed by atoms with E-state index in [4.69, 9.17) is 4.74 Å². The van der Waals surface area contributed by atoms with Crippen molar-refractivity contribution in [1.29, 1.82) is 0 Å². The molecule has 106 valence electrons. The van der Waals surface area contributed by atoms with E-state index in [-0.39, 0.29) is 11.0 Å². The van der Waals surface area contributed by atoms with Gasteiger partial charge in [0.15, 0.2) is 0 Å². The Hall–Kier alpha value is -0.860. The topological polar surface area (TPSA) is 12.5 Å². The number of nitrogens with zero attached hydrogens (tertiary/aromatic N) is 1. The maximum atomic E-state index is 5.76. The molecule has 0 saturated carbocycles. The molecule has 1 aromatic rings. The second-order valence-electron chi connectivity index (χ2n) is 7.27. The van der Waals surface area contributed by atoms with Crippen molar-refractivity contribution < 1.29 is 4.74 Å². The van der Waals surface area contributed by atoms with Gasteiger partial charge in [-0.15, -0.1) is 0 Å². The molecule has 0 aromatic heterocycles. The van der Waals surface area contributed by atoms with Gasteiger partial charge < -0.3 is 4.74 Å². The molecule has 19 heavy (non-hydrogen) atoms. The Morgan fingerprint density at radius 2 is 1.79 bits per heavy atom. The number of rotatable bonds is 2. The standard InChI is InChI=1S/C17H27NO/c1-16(2,3)15-8-6-14(7-9-15)12-18-10-11-19-17(4,5)13-18/h6-9H,10-13H2,1-5H3. The first-order chi connectivity index (χ1) is 8.76. The van der Waals surface area contributed by atoms with Crippen molar-refractivity contribution in [3.8, 4) is 0 Å². The van der Waals surface area contributed by atoms with E-state index in [0.717, 1.165) is 26.2 Å². The molecule has 0 unspecified atom stereocenters. The van der Waals surface area contributed by atoms with Crippen LogP contribution in [0.2, 0.25) is 0 Å². The third-order valence-electron chi connectivity index (χ3n) is 3.73. The number of hydrogen-bond acceptors (Lipinski definition) is 2. The Bertz CT molecular complexity index is 414. The van der Waals surface area contributed by atoms with E-state index in [2.05, 4.69) is 63.8 Å². The molecule has 0 radical (unpaired) electrons. The van der Waals surface area contributed by atoms with Gasteiger partial charge in [-0.25, -0.2) is 0 Å². The summed E-state index contributed by atoms with van der Waals surface area (Å²) in [4.78, 5) is 2.48. The van der Waals surface area contributed by atoms with Gasteiger partial charge in [0.2, 0.25) is 0 Å². The van der Waals surface area contributed by atoms with E-state index < -0.39 is 0 Å². The summed E-state index contributed by atoms with van der Waals surface area (Å²) in [6, 6.07) is 9.06. The number of ether oxygens (including phenoxy) is 1. The van der Waals surface area contributed by atoms with Crippen LogP contribution in [0.1, 0.15) is 45.7 Å². The molecule has 2 rings (SSSR count). The van der Waals surface area contributed by atoms with Gasteiger partial charge in [0.1, 0.15) is 0 Å². The number of hydrogen-bond donors (Lipinski definition) is 0. The van der Waals surface area contributed by atoms with E-state index in [1.165, 1.54) is 11.1 Å². The highest BCUT2D eigenvalue weighted by atomic mass is 16.5. The van der Waals surface area contributed by atoms with Crippen molar-refractivity contribution in [1.82, 2.24) is 4.90 Å². The summed E-state index contributed by atoms with van der Waals surface area (Å²) in [5, 5.41) is 0. The average Bonchev–Trinajstić information content (AvgIpc) is 2.27. The van der Waals surface area contributed by atoms with Crippen LogP contribution in [0.15, 0.2) is 24.3 Å². The van der Waals surface area contributed by atoms with Crippen LogP contribution in [0.4, 0.5) is 0 Å². The van der Waals surface area contributed by atoms with Crippen LogP contribution in [0.5, 0.6) is 0 Å². The first-order valence-electron chi connectivity index (χ1n) is 7.22. The maximum Gasteiger partial charge on any atom is 0.0753 e. The molecule has 1 fully saturated rings. The van der Waals surface area contributed by atoms with Gasteiger partial charge in [-0.05, 0) is 30.4 Å². The van der Waals surface area contributed by atoms with Crippen LogP contribution in [0, 0.1) is 0 Å². The Balaban J connectivity index is 2.00.